The number of benzene rings is 6. The fraction of sp³-hybridized carbons (Fsp3) is 0. The van der Waals surface area contributed by atoms with Crippen LogP contribution in [-0.4, -0.2) is 0 Å². The van der Waals surface area contributed by atoms with Gasteiger partial charge in [-0.15, -0.1) is 0 Å². The molecule has 8 rings (SSSR count). The standard InChI is InChI=1S/C36H14N4O4/c37-15-21-11-27-29(13-23(21)17-39)43-35-31(41-27)9-19-5-1-3-7-25(19)33(35)34-26-8-4-2-6-20(26)10-32-36(34)44-30-14-24(18-40)22(16-38)12-28(30)42-32/h1-14H. The molecule has 8 heteroatoms. The second-order valence-electron chi connectivity index (χ2n) is 10.1. The van der Waals surface area contributed by atoms with E-state index in [0.717, 1.165) is 21.5 Å². The van der Waals surface area contributed by atoms with Crippen LogP contribution in [0.15, 0.2) is 84.9 Å². The fourth-order valence-electron chi connectivity index (χ4n) is 5.72. The lowest BCUT2D eigenvalue weighted by atomic mass is 9.91. The topological polar surface area (TPSA) is 132 Å². The van der Waals surface area contributed by atoms with Crippen LogP contribution in [0.4, 0.5) is 0 Å². The van der Waals surface area contributed by atoms with Crippen molar-refractivity contribution in [1.29, 1.82) is 21.0 Å². The third-order valence-electron chi connectivity index (χ3n) is 7.70. The number of fused-ring (bicyclic) bond motifs is 6. The molecule has 0 fully saturated rings. The van der Waals surface area contributed by atoms with Gasteiger partial charge in [0.25, 0.3) is 0 Å². The molecule has 0 aromatic heterocycles. The maximum Gasteiger partial charge on any atom is 0.178 e. The third kappa shape index (κ3) is 3.53. The predicted molar refractivity (Wildman–Crippen MR) is 159 cm³/mol. The van der Waals surface area contributed by atoms with Crippen LogP contribution < -0.4 is 18.9 Å². The molecule has 2 aliphatic heterocycles. The Morgan fingerprint density at radius 2 is 0.727 bits per heavy atom. The van der Waals surface area contributed by atoms with Gasteiger partial charge < -0.3 is 18.9 Å². The van der Waals surface area contributed by atoms with E-state index < -0.39 is 0 Å². The van der Waals surface area contributed by atoms with Crippen molar-refractivity contribution in [2.75, 3.05) is 0 Å². The van der Waals surface area contributed by atoms with Gasteiger partial charge in [0.1, 0.15) is 24.3 Å². The van der Waals surface area contributed by atoms with Crippen LogP contribution in [0, 0.1) is 45.3 Å². The maximum absolute atomic E-state index is 9.66. The molecule has 0 saturated carbocycles. The zero-order valence-electron chi connectivity index (χ0n) is 22.5. The Morgan fingerprint density at radius 1 is 0.386 bits per heavy atom. The van der Waals surface area contributed by atoms with Crippen molar-refractivity contribution in [3.8, 4) is 81.4 Å². The molecule has 202 valence electrons. The maximum atomic E-state index is 9.66. The van der Waals surface area contributed by atoms with Gasteiger partial charge in [-0.25, -0.2) is 0 Å². The first kappa shape index (κ1) is 24.8. The molecule has 6 aromatic rings. The van der Waals surface area contributed by atoms with E-state index in [1.165, 1.54) is 24.3 Å². The zero-order valence-corrected chi connectivity index (χ0v) is 22.5. The van der Waals surface area contributed by atoms with E-state index in [1.54, 1.807) is 0 Å². The zero-order chi connectivity index (χ0) is 29.9. The first-order valence-electron chi connectivity index (χ1n) is 13.4. The first-order chi connectivity index (χ1) is 21.6. The summed E-state index contributed by atoms with van der Waals surface area (Å²) in [7, 11) is 0. The normalized spacial score (nSPS) is 11.8. The van der Waals surface area contributed by atoms with Crippen molar-refractivity contribution in [3.63, 3.8) is 0 Å². The molecule has 0 bridgehead atoms. The molecule has 0 saturated heterocycles. The molecule has 44 heavy (non-hydrogen) atoms. The van der Waals surface area contributed by atoms with Gasteiger partial charge in [-0.05, 0) is 33.7 Å². The Kier molecular flexibility index (Phi) is 5.21. The highest BCUT2D eigenvalue weighted by Crippen LogP contribution is 2.59. The molecule has 0 radical (unpaired) electrons. The van der Waals surface area contributed by atoms with Crippen molar-refractivity contribution >= 4 is 21.5 Å². The molecule has 0 atom stereocenters. The van der Waals surface area contributed by atoms with Gasteiger partial charge in [0, 0.05) is 35.4 Å². The van der Waals surface area contributed by atoms with E-state index in [9.17, 15) is 21.0 Å². The Hall–Kier alpha value is -7.00. The highest BCUT2D eigenvalue weighted by Gasteiger charge is 2.32. The smallest absolute Gasteiger partial charge is 0.178 e. The minimum atomic E-state index is 0.168. The van der Waals surface area contributed by atoms with Crippen LogP contribution >= 0.6 is 0 Å². The van der Waals surface area contributed by atoms with Gasteiger partial charge in [0.15, 0.2) is 46.0 Å². The summed E-state index contributed by atoms with van der Waals surface area (Å²) in [5, 5.41) is 41.9. The molecular weight excluding hydrogens is 552 g/mol. The van der Waals surface area contributed by atoms with Crippen molar-refractivity contribution in [1.82, 2.24) is 0 Å². The number of hydrogen-bond acceptors (Lipinski definition) is 8. The van der Waals surface area contributed by atoms with E-state index in [2.05, 4.69) is 12.1 Å². The molecule has 0 N–H and O–H groups in total. The number of nitriles is 4. The minimum Gasteiger partial charge on any atom is -0.449 e. The first-order valence-corrected chi connectivity index (χ1v) is 13.4. The van der Waals surface area contributed by atoms with Gasteiger partial charge in [0.05, 0.1) is 22.3 Å². The molecule has 0 unspecified atom stereocenters. The summed E-state index contributed by atoms with van der Waals surface area (Å²) >= 11 is 0. The molecule has 6 aromatic carbocycles. The summed E-state index contributed by atoms with van der Waals surface area (Å²) in [6.07, 6.45) is 0. The monoisotopic (exact) mass is 566 g/mol. The molecule has 0 amide bonds. The fourth-order valence-corrected chi connectivity index (χ4v) is 5.72. The van der Waals surface area contributed by atoms with Gasteiger partial charge >= 0.3 is 0 Å². The SMILES string of the molecule is N#Cc1cc2c(cc1C#N)Oc1c(cc3ccccc3c1-c1c3c(cc4ccccc14)Oc1cc(C#N)c(C#N)cc1O3)O2. The van der Waals surface area contributed by atoms with Crippen molar-refractivity contribution in [2.45, 2.75) is 0 Å². The highest BCUT2D eigenvalue weighted by atomic mass is 16.6. The highest BCUT2D eigenvalue weighted by molar-refractivity contribution is 6.12. The molecule has 0 aliphatic carbocycles. The Morgan fingerprint density at radius 3 is 1.09 bits per heavy atom. The van der Waals surface area contributed by atoms with E-state index in [4.69, 9.17) is 18.9 Å². The molecule has 2 aliphatic rings. The molecule has 0 spiro atoms. The van der Waals surface area contributed by atoms with Crippen LogP contribution in [0.5, 0.6) is 46.0 Å². The lowest BCUT2D eigenvalue weighted by Crippen LogP contribution is -2.05. The van der Waals surface area contributed by atoms with Crippen LogP contribution in [0.25, 0.3) is 32.7 Å². The van der Waals surface area contributed by atoms with Gasteiger partial charge in [-0.1, -0.05) is 48.5 Å². The van der Waals surface area contributed by atoms with Crippen molar-refractivity contribution in [3.05, 3.63) is 107 Å². The van der Waals surface area contributed by atoms with E-state index >= 15 is 0 Å². The number of hydrogen-bond donors (Lipinski definition) is 0. The summed E-state index contributed by atoms with van der Waals surface area (Å²) in [4.78, 5) is 0. The average molecular weight is 567 g/mol. The van der Waals surface area contributed by atoms with E-state index in [-0.39, 0.29) is 22.3 Å². The van der Waals surface area contributed by atoms with Crippen LogP contribution in [0.3, 0.4) is 0 Å². The minimum absolute atomic E-state index is 0.168. The predicted octanol–water partition coefficient (Wildman–Crippen LogP) is 8.94. The van der Waals surface area contributed by atoms with Crippen LogP contribution in [-0.2, 0) is 0 Å². The lowest BCUT2D eigenvalue weighted by molar-refractivity contribution is 0.357. The Bertz CT molecular complexity index is 2280. The largest absolute Gasteiger partial charge is 0.449 e. The van der Waals surface area contributed by atoms with E-state index in [1.807, 2.05) is 72.8 Å². The number of rotatable bonds is 1. The van der Waals surface area contributed by atoms with Crippen LogP contribution in [0.1, 0.15) is 22.3 Å². The summed E-state index contributed by atoms with van der Waals surface area (Å²) in [5.74, 6) is 2.87. The van der Waals surface area contributed by atoms with E-state index in [0.29, 0.717) is 57.1 Å². The van der Waals surface area contributed by atoms with Crippen LogP contribution in [0.2, 0.25) is 0 Å². The summed E-state index contributed by atoms with van der Waals surface area (Å²) in [6.45, 7) is 0. The number of ether oxygens (including phenoxy) is 4. The second kappa shape index (κ2) is 9.26. The molecular formula is C36H14N4O4. The van der Waals surface area contributed by atoms with Gasteiger partial charge in [0.2, 0.25) is 0 Å². The summed E-state index contributed by atoms with van der Waals surface area (Å²) in [5.41, 5.74) is 2.04. The summed E-state index contributed by atoms with van der Waals surface area (Å²) < 4.78 is 25.7. The van der Waals surface area contributed by atoms with Crippen molar-refractivity contribution in [2.24, 2.45) is 0 Å². The molecule has 2 heterocycles. The Labute approximate surface area is 249 Å². The van der Waals surface area contributed by atoms with Gasteiger partial charge in [-0.3, -0.25) is 0 Å². The average Bonchev–Trinajstić information content (AvgIpc) is 3.06. The lowest BCUT2D eigenvalue weighted by Gasteiger charge is -2.28. The number of nitrogens with zero attached hydrogens (tertiary/aromatic N) is 4. The second-order valence-corrected chi connectivity index (χ2v) is 10.1. The van der Waals surface area contributed by atoms with Gasteiger partial charge in [-0.2, -0.15) is 21.0 Å². The molecule has 8 nitrogen and oxygen atoms in total. The van der Waals surface area contributed by atoms with Crippen molar-refractivity contribution < 1.29 is 18.9 Å². The Balaban J connectivity index is 1.44. The third-order valence-corrected chi connectivity index (χ3v) is 7.70. The quantitative estimate of drug-likeness (QED) is 0.192. The summed E-state index contributed by atoms with van der Waals surface area (Å²) in [6, 6.07) is 33.5.